The fourth-order valence-corrected chi connectivity index (χ4v) is 3.43. The zero-order valence-electron chi connectivity index (χ0n) is 14.9. The van der Waals surface area contributed by atoms with Crippen molar-refractivity contribution in [2.45, 2.75) is 26.1 Å². The molecule has 1 aliphatic rings. The number of hydrogen-bond acceptors (Lipinski definition) is 4. The molecule has 0 bridgehead atoms. The third-order valence-electron chi connectivity index (χ3n) is 4.74. The fourth-order valence-electron chi connectivity index (χ4n) is 3.43. The number of carbonyl (C=O) groups excluding carboxylic acids is 1. The number of hydrogen-bond donors (Lipinski definition) is 1. The number of nitrogens with zero attached hydrogens (tertiary/aromatic N) is 2. The molecule has 5 nitrogen and oxygen atoms in total. The largest absolute Gasteiger partial charge is 0.459 e. The molecule has 0 spiro atoms. The van der Waals surface area contributed by atoms with Crippen LogP contribution < -0.4 is 5.32 Å². The Bertz CT molecular complexity index is 882. The zero-order chi connectivity index (χ0) is 17.8. The maximum absolute atomic E-state index is 12.1. The summed E-state index contributed by atoms with van der Waals surface area (Å²) in [6.07, 6.45) is 6.28. The third-order valence-corrected chi connectivity index (χ3v) is 4.74. The molecule has 0 fully saturated rings. The van der Waals surface area contributed by atoms with E-state index < -0.39 is 0 Å². The van der Waals surface area contributed by atoms with Crippen molar-refractivity contribution >= 4 is 18.3 Å². The van der Waals surface area contributed by atoms with E-state index >= 15 is 0 Å². The first-order chi connectivity index (χ1) is 12.8. The lowest BCUT2D eigenvalue weighted by atomic mass is 9.96. The molecule has 0 saturated heterocycles. The lowest BCUT2D eigenvalue weighted by Crippen LogP contribution is -2.32. The standard InChI is InChI=1S/C21H21N3O2.ClH/c25-21(20-7-4-10-26-20)23-13-17-11-22-12-18-15-24(9-8-19(17)18)14-16-5-2-1-3-6-16;/h1-7,10-12H,8-9,13-15H2,(H,23,25);1H. The van der Waals surface area contributed by atoms with Gasteiger partial charge < -0.3 is 9.73 Å². The Kier molecular flexibility index (Phi) is 6.27. The van der Waals surface area contributed by atoms with Gasteiger partial charge in [0.2, 0.25) is 0 Å². The first-order valence-corrected chi connectivity index (χ1v) is 8.82. The van der Waals surface area contributed by atoms with Gasteiger partial charge in [0.05, 0.1) is 6.26 Å². The van der Waals surface area contributed by atoms with Gasteiger partial charge in [-0.3, -0.25) is 14.7 Å². The SMILES string of the molecule is Cl.O=C(NCc1cncc2c1CCN(Cc1ccccc1)C2)c1ccco1. The number of fused-ring (bicyclic) bond motifs is 1. The Morgan fingerprint density at radius 3 is 2.78 bits per heavy atom. The maximum atomic E-state index is 12.1. The summed E-state index contributed by atoms with van der Waals surface area (Å²) in [5.41, 5.74) is 4.97. The van der Waals surface area contributed by atoms with E-state index in [-0.39, 0.29) is 18.3 Å². The predicted molar refractivity (Wildman–Crippen MR) is 106 cm³/mol. The molecule has 27 heavy (non-hydrogen) atoms. The fraction of sp³-hybridized carbons (Fsp3) is 0.238. The van der Waals surface area contributed by atoms with Gasteiger partial charge in [0, 0.05) is 38.6 Å². The molecule has 3 heterocycles. The second-order valence-corrected chi connectivity index (χ2v) is 6.54. The molecule has 0 radical (unpaired) electrons. The molecule has 140 valence electrons. The molecule has 0 saturated carbocycles. The molecule has 6 heteroatoms. The quantitative estimate of drug-likeness (QED) is 0.731. The monoisotopic (exact) mass is 383 g/mol. The number of nitrogens with one attached hydrogen (secondary N) is 1. The summed E-state index contributed by atoms with van der Waals surface area (Å²) in [6, 6.07) is 13.9. The van der Waals surface area contributed by atoms with Crippen molar-refractivity contribution in [3.05, 3.63) is 89.1 Å². The van der Waals surface area contributed by atoms with E-state index in [4.69, 9.17) is 4.42 Å². The molecular weight excluding hydrogens is 362 g/mol. The normalized spacial score (nSPS) is 13.5. The molecule has 1 amide bonds. The van der Waals surface area contributed by atoms with Crippen LogP contribution in [0.1, 0.15) is 32.8 Å². The van der Waals surface area contributed by atoms with Gasteiger partial charge in [0.1, 0.15) is 0 Å². The molecule has 4 rings (SSSR count). The van der Waals surface area contributed by atoms with E-state index in [9.17, 15) is 4.79 Å². The van der Waals surface area contributed by atoms with Crippen molar-refractivity contribution in [1.29, 1.82) is 0 Å². The Labute approximate surface area is 164 Å². The minimum atomic E-state index is -0.200. The summed E-state index contributed by atoms with van der Waals surface area (Å²) in [5, 5.41) is 2.92. The first kappa shape index (κ1) is 19.1. The van der Waals surface area contributed by atoms with Crippen LogP contribution in [0.25, 0.3) is 0 Å². The average molecular weight is 384 g/mol. The van der Waals surface area contributed by atoms with Crippen LogP contribution in [-0.2, 0) is 26.1 Å². The van der Waals surface area contributed by atoms with Crippen LogP contribution in [0.15, 0.2) is 65.5 Å². The van der Waals surface area contributed by atoms with Gasteiger partial charge in [-0.25, -0.2) is 0 Å². The molecule has 2 aromatic heterocycles. The van der Waals surface area contributed by atoms with Crippen molar-refractivity contribution in [1.82, 2.24) is 15.2 Å². The molecule has 0 atom stereocenters. The highest BCUT2D eigenvalue weighted by molar-refractivity contribution is 5.91. The van der Waals surface area contributed by atoms with Crippen LogP contribution in [-0.4, -0.2) is 22.3 Å². The zero-order valence-corrected chi connectivity index (χ0v) is 15.7. The summed E-state index contributed by atoms with van der Waals surface area (Å²) in [4.78, 5) is 18.9. The van der Waals surface area contributed by atoms with Gasteiger partial charge >= 0.3 is 0 Å². The van der Waals surface area contributed by atoms with Gasteiger partial charge in [-0.1, -0.05) is 30.3 Å². The molecule has 0 aliphatic carbocycles. The van der Waals surface area contributed by atoms with Crippen LogP contribution in [0.3, 0.4) is 0 Å². The summed E-state index contributed by atoms with van der Waals surface area (Å²) in [6.45, 7) is 3.30. The van der Waals surface area contributed by atoms with Gasteiger partial charge in [-0.15, -0.1) is 12.4 Å². The molecular formula is C21H22ClN3O2. The van der Waals surface area contributed by atoms with Gasteiger partial charge in [-0.2, -0.15) is 0 Å². The number of benzene rings is 1. The number of aromatic nitrogens is 1. The van der Waals surface area contributed by atoms with Crippen LogP contribution in [0.5, 0.6) is 0 Å². The van der Waals surface area contributed by atoms with Crippen LogP contribution in [0.2, 0.25) is 0 Å². The number of rotatable bonds is 5. The van der Waals surface area contributed by atoms with Crippen molar-refractivity contribution in [3.8, 4) is 0 Å². The lowest BCUT2D eigenvalue weighted by Gasteiger charge is -2.29. The second kappa shape index (κ2) is 8.84. The number of amides is 1. The van der Waals surface area contributed by atoms with Gasteiger partial charge in [0.25, 0.3) is 5.91 Å². The van der Waals surface area contributed by atoms with E-state index in [0.29, 0.717) is 12.3 Å². The highest BCUT2D eigenvalue weighted by Crippen LogP contribution is 2.23. The number of furan rings is 1. The molecule has 3 aromatic rings. The maximum Gasteiger partial charge on any atom is 0.287 e. The second-order valence-electron chi connectivity index (χ2n) is 6.54. The van der Waals surface area contributed by atoms with Crippen LogP contribution in [0.4, 0.5) is 0 Å². The van der Waals surface area contributed by atoms with Crippen LogP contribution in [0, 0.1) is 0 Å². The predicted octanol–water partition coefficient (Wildman–Crippen LogP) is 3.58. The topological polar surface area (TPSA) is 58.4 Å². The van der Waals surface area contributed by atoms with Crippen LogP contribution >= 0.6 is 12.4 Å². The lowest BCUT2D eigenvalue weighted by molar-refractivity contribution is 0.0923. The number of pyridine rings is 1. The summed E-state index contributed by atoms with van der Waals surface area (Å²) >= 11 is 0. The summed E-state index contributed by atoms with van der Waals surface area (Å²) in [7, 11) is 0. The first-order valence-electron chi connectivity index (χ1n) is 8.82. The molecule has 0 unspecified atom stereocenters. The Hall–Kier alpha value is -2.63. The van der Waals surface area contributed by atoms with E-state index in [1.807, 2.05) is 18.5 Å². The number of halogens is 1. The van der Waals surface area contributed by atoms with Gasteiger partial charge in [0.15, 0.2) is 5.76 Å². The molecule has 1 aliphatic heterocycles. The van der Waals surface area contributed by atoms with Crippen molar-refractivity contribution in [3.63, 3.8) is 0 Å². The van der Waals surface area contributed by atoms with E-state index in [2.05, 4.69) is 39.5 Å². The van der Waals surface area contributed by atoms with E-state index in [0.717, 1.165) is 31.6 Å². The minimum absolute atomic E-state index is 0. The smallest absolute Gasteiger partial charge is 0.287 e. The highest BCUT2D eigenvalue weighted by Gasteiger charge is 2.20. The number of carbonyl (C=O) groups is 1. The molecule has 1 N–H and O–H groups in total. The van der Waals surface area contributed by atoms with Crippen molar-refractivity contribution < 1.29 is 9.21 Å². The minimum Gasteiger partial charge on any atom is -0.459 e. The average Bonchev–Trinajstić information content (AvgIpc) is 3.21. The van der Waals surface area contributed by atoms with Crippen molar-refractivity contribution in [2.75, 3.05) is 6.54 Å². The third kappa shape index (κ3) is 4.56. The van der Waals surface area contributed by atoms with Crippen molar-refractivity contribution in [2.24, 2.45) is 0 Å². The highest BCUT2D eigenvalue weighted by atomic mass is 35.5. The van der Waals surface area contributed by atoms with Gasteiger partial charge in [-0.05, 0) is 40.8 Å². The Morgan fingerprint density at radius 1 is 1.15 bits per heavy atom. The summed E-state index contributed by atoms with van der Waals surface area (Å²) < 4.78 is 5.13. The molecule has 1 aromatic carbocycles. The Balaban J connectivity index is 0.00000210. The van der Waals surface area contributed by atoms with E-state index in [1.54, 1.807) is 12.1 Å². The Morgan fingerprint density at radius 2 is 2.00 bits per heavy atom. The van der Waals surface area contributed by atoms with E-state index in [1.165, 1.54) is 23.0 Å². The summed E-state index contributed by atoms with van der Waals surface area (Å²) in [5.74, 6) is 0.130.